The molecular formula is C22H19NO5. The van der Waals surface area contributed by atoms with Crippen LogP contribution < -0.4 is 19.6 Å². The zero-order valence-electron chi connectivity index (χ0n) is 15.5. The third-order valence-electron chi connectivity index (χ3n) is 4.69. The summed E-state index contributed by atoms with van der Waals surface area (Å²) in [5.41, 5.74) is 2.31. The Morgan fingerprint density at radius 3 is 2.75 bits per heavy atom. The van der Waals surface area contributed by atoms with E-state index in [2.05, 4.69) is 0 Å². The number of nitrogens with zero attached hydrogens (tertiary/aromatic N) is 1. The van der Waals surface area contributed by atoms with E-state index in [9.17, 15) is 4.79 Å². The first-order chi connectivity index (χ1) is 13.7. The summed E-state index contributed by atoms with van der Waals surface area (Å²) in [7, 11) is 0. The van der Waals surface area contributed by atoms with Crippen molar-refractivity contribution in [3.63, 3.8) is 0 Å². The first-order valence-corrected chi connectivity index (χ1v) is 9.19. The van der Waals surface area contributed by atoms with E-state index in [1.54, 1.807) is 12.1 Å². The number of benzene rings is 2. The number of nitriles is 1. The minimum absolute atomic E-state index is 0.0575. The van der Waals surface area contributed by atoms with E-state index in [1.165, 1.54) is 6.26 Å². The monoisotopic (exact) mass is 377 g/mol. The Morgan fingerprint density at radius 1 is 1.14 bits per heavy atom. The molecule has 2 aromatic carbocycles. The van der Waals surface area contributed by atoms with Crippen LogP contribution in [-0.4, -0.2) is 19.8 Å². The molecule has 0 N–H and O–H groups in total. The molecule has 0 bridgehead atoms. The smallest absolute Gasteiger partial charge is 0.200 e. The molecule has 6 heteroatoms. The molecule has 0 fully saturated rings. The van der Waals surface area contributed by atoms with Crippen molar-refractivity contribution in [1.29, 1.82) is 5.26 Å². The Kier molecular flexibility index (Phi) is 4.90. The fourth-order valence-electron chi connectivity index (χ4n) is 3.25. The SMILES string of the molecule is CCc1cc2c(=O)c(-c3ccc4c(c3)OCCCO4)coc2cc1OCC#N. The number of aryl methyl sites for hydroxylation is 1. The summed E-state index contributed by atoms with van der Waals surface area (Å²) in [5, 5.41) is 9.22. The normalized spacial score (nSPS) is 13.0. The quantitative estimate of drug-likeness (QED) is 0.681. The average Bonchev–Trinajstić information content (AvgIpc) is 2.97. The fourth-order valence-corrected chi connectivity index (χ4v) is 3.25. The summed E-state index contributed by atoms with van der Waals surface area (Å²) in [5.74, 6) is 1.87. The lowest BCUT2D eigenvalue weighted by Gasteiger charge is -2.11. The van der Waals surface area contributed by atoms with Crippen molar-refractivity contribution in [1.82, 2.24) is 0 Å². The van der Waals surface area contributed by atoms with E-state index in [0.717, 1.165) is 12.0 Å². The van der Waals surface area contributed by atoms with Crippen LogP contribution in [0.3, 0.4) is 0 Å². The molecule has 0 amide bonds. The van der Waals surface area contributed by atoms with Gasteiger partial charge in [-0.1, -0.05) is 13.0 Å². The molecule has 1 aliphatic rings. The van der Waals surface area contributed by atoms with Gasteiger partial charge in [0.1, 0.15) is 23.7 Å². The van der Waals surface area contributed by atoms with Gasteiger partial charge in [-0.05, 0) is 35.7 Å². The average molecular weight is 377 g/mol. The predicted octanol–water partition coefficient (Wildman–Crippen LogP) is 4.09. The summed E-state index contributed by atoms with van der Waals surface area (Å²) in [6.45, 7) is 3.10. The molecule has 0 radical (unpaired) electrons. The predicted molar refractivity (Wildman–Crippen MR) is 104 cm³/mol. The van der Waals surface area contributed by atoms with Gasteiger partial charge in [-0.2, -0.15) is 5.26 Å². The first-order valence-electron chi connectivity index (χ1n) is 9.19. The van der Waals surface area contributed by atoms with Crippen LogP contribution in [0, 0.1) is 11.3 Å². The van der Waals surface area contributed by atoms with E-state index in [0.29, 0.717) is 59.0 Å². The van der Waals surface area contributed by atoms with Gasteiger partial charge in [-0.15, -0.1) is 0 Å². The van der Waals surface area contributed by atoms with Crippen molar-refractivity contribution in [3.8, 4) is 34.4 Å². The van der Waals surface area contributed by atoms with E-state index in [-0.39, 0.29) is 12.0 Å². The molecule has 0 atom stereocenters. The van der Waals surface area contributed by atoms with Crippen LogP contribution in [0.4, 0.5) is 0 Å². The van der Waals surface area contributed by atoms with Gasteiger partial charge in [0, 0.05) is 12.5 Å². The van der Waals surface area contributed by atoms with Crippen molar-refractivity contribution in [2.24, 2.45) is 0 Å². The van der Waals surface area contributed by atoms with Crippen LogP contribution >= 0.6 is 0 Å². The van der Waals surface area contributed by atoms with Crippen LogP contribution in [0.5, 0.6) is 17.2 Å². The molecule has 28 heavy (non-hydrogen) atoms. The van der Waals surface area contributed by atoms with Crippen molar-refractivity contribution in [3.05, 3.63) is 52.4 Å². The lowest BCUT2D eigenvalue weighted by atomic mass is 10.0. The van der Waals surface area contributed by atoms with E-state index in [4.69, 9.17) is 23.9 Å². The molecule has 4 rings (SSSR count). The summed E-state index contributed by atoms with van der Waals surface area (Å²) < 4.78 is 22.6. The van der Waals surface area contributed by atoms with Gasteiger partial charge in [-0.3, -0.25) is 4.79 Å². The molecule has 0 saturated carbocycles. The molecule has 6 nitrogen and oxygen atoms in total. The number of hydrogen-bond acceptors (Lipinski definition) is 6. The summed E-state index contributed by atoms with van der Waals surface area (Å²) in [6.07, 6.45) is 2.94. The van der Waals surface area contributed by atoms with Crippen LogP contribution in [0.25, 0.3) is 22.1 Å². The third-order valence-corrected chi connectivity index (χ3v) is 4.69. The fraction of sp³-hybridized carbons (Fsp3) is 0.273. The van der Waals surface area contributed by atoms with E-state index in [1.807, 2.05) is 31.2 Å². The topological polar surface area (TPSA) is 81.7 Å². The van der Waals surface area contributed by atoms with Gasteiger partial charge < -0.3 is 18.6 Å². The van der Waals surface area contributed by atoms with Crippen molar-refractivity contribution < 1.29 is 18.6 Å². The Morgan fingerprint density at radius 2 is 1.96 bits per heavy atom. The van der Waals surface area contributed by atoms with Crippen molar-refractivity contribution in [2.45, 2.75) is 19.8 Å². The number of fused-ring (bicyclic) bond motifs is 2. The Hall–Kier alpha value is -3.46. The molecule has 2 heterocycles. The Bertz CT molecular complexity index is 1130. The van der Waals surface area contributed by atoms with Gasteiger partial charge in [0.2, 0.25) is 5.43 Å². The lowest BCUT2D eigenvalue weighted by Crippen LogP contribution is -2.07. The second kappa shape index (κ2) is 7.65. The highest BCUT2D eigenvalue weighted by Gasteiger charge is 2.16. The minimum atomic E-state index is -0.128. The van der Waals surface area contributed by atoms with Crippen LogP contribution in [-0.2, 0) is 6.42 Å². The summed E-state index contributed by atoms with van der Waals surface area (Å²) in [4.78, 5) is 13.1. The van der Waals surface area contributed by atoms with Crippen LogP contribution in [0.1, 0.15) is 18.9 Å². The second-order valence-corrected chi connectivity index (χ2v) is 6.45. The summed E-state index contributed by atoms with van der Waals surface area (Å²) >= 11 is 0. The molecule has 0 unspecified atom stereocenters. The maximum absolute atomic E-state index is 13.1. The van der Waals surface area contributed by atoms with Gasteiger partial charge >= 0.3 is 0 Å². The van der Waals surface area contributed by atoms with Crippen molar-refractivity contribution in [2.75, 3.05) is 19.8 Å². The minimum Gasteiger partial charge on any atom is -0.490 e. The van der Waals surface area contributed by atoms with Crippen molar-refractivity contribution >= 4 is 11.0 Å². The molecule has 0 aliphatic carbocycles. The Balaban J connectivity index is 1.81. The number of hydrogen-bond donors (Lipinski definition) is 0. The van der Waals surface area contributed by atoms with Gasteiger partial charge in [-0.25, -0.2) is 0 Å². The maximum atomic E-state index is 13.1. The van der Waals surface area contributed by atoms with E-state index < -0.39 is 0 Å². The second-order valence-electron chi connectivity index (χ2n) is 6.45. The largest absolute Gasteiger partial charge is 0.490 e. The Labute approximate surface area is 161 Å². The zero-order valence-corrected chi connectivity index (χ0v) is 15.5. The molecule has 1 aliphatic heterocycles. The standard InChI is InChI=1S/C22H19NO5/c1-2-14-10-16-20(12-19(14)27-9-6-23)28-13-17(22(16)24)15-4-5-18-21(11-15)26-8-3-7-25-18/h4-5,10-13H,2-3,7-9H2,1H3. The number of ether oxygens (including phenoxy) is 3. The van der Waals surface area contributed by atoms with Gasteiger partial charge in [0.05, 0.1) is 24.2 Å². The zero-order chi connectivity index (χ0) is 19.5. The molecule has 3 aromatic rings. The molecule has 0 spiro atoms. The summed E-state index contributed by atoms with van der Waals surface area (Å²) in [6, 6.07) is 10.9. The van der Waals surface area contributed by atoms with Gasteiger partial charge in [0.25, 0.3) is 0 Å². The number of rotatable bonds is 4. The molecule has 1 aromatic heterocycles. The van der Waals surface area contributed by atoms with Gasteiger partial charge in [0.15, 0.2) is 18.1 Å². The highest BCUT2D eigenvalue weighted by Crippen LogP contribution is 2.34. The lowest BCUT2D eigenvalue weighted by molar-refractivity contribution is 0.297. The first kappa shape index (κ1) is 17.9. The highest BCUT2D eigenvalue weighted by molar-refractivity contribution is 5.84. The maximum Gasteiger partial charge on any atom is 0.200 e. The molecular weight excluding hydrogens is 358 g/mol. The third kappa shape index (κ3) is 3.27. The van der Waals surface area contributed by atoms with Crippen LogP contribution in [0.2, 0.25) is 0 Å². The molecule has 142 valence electrons. The molecule has 0 saturated heterocycles. The van der Waals surface area contributed by atoms with E-state index >= 15 is 0 Å². The highest BCUT2D eigenvalue weighted by atomic mass is 16.5. The van der Waals surface area contributed by atoms with Crippen LogP contribution in [0.15, 0.2) is 45.8 Å².